The largest absolute Gasteiger partial charge is 0.349 e. The van der Waals surface area contributed by atoms with E-state index in [0.29, 0.717) is 23.8 Å². The molecule has 7 heteroatoms. The number of hydrogen-bond acceptors (Lipinski definition) is 4. The molecule has 4 N–H and O–H groups in total. The number of nitrogens with zero attached hydrogens (tertiary/aromatic N) is 1. The molecule has 0 aromatic heterocycles. The van der Waals surface area contributed by atoms with E-state index in [-0.39, 0.29) is 30.3 Å². The zero-order chi connectivity index (χ0) is 16.2. The number of carbonyl (C=O) groups excluding carboxylic acids is 2. The molecule has 6 nitrogen and oxygen atoms in total. The van der Waals surface area contributed by atoms with Crippen LogP contribution >= 0.6 is 12.4 Å². The molecule has 1 saturated carbocycles. The van der Waals surface area contributed by atoms with Crippen molar-refractivity contribution in [2.24, 2.45) is 5.73 Å². The van der Waals surface area contributed by atoms with Crippen LogP contribution in [0.5, 0.6) is 0 Å². The summed E-state index contributed by atoms with van der Waals surface area (Å²) in [5, 5.41) is 5.82. The van der Waals surface area contributed by atoms with Gasteiger partial charge in [0.1, 0.15) is 0 Å². The first-order valence-electron chi connectivity index (χ1n) is 8.29. The molecule has 1 aromatic carbocycles. The number of halogens is 1. The topological polar surface area (TPSA) is 87.5 Å². The number of rotatable bonds is 5. The quantitative estimate of drug-likeness (QED) is 0.746. The van der Waals surface area contributed by atoms with Crippen LogP contribution in [0.2, 0.25) is 0 Å². The Kier molecular flexibility index (Phi) is 6.60. The molecule has 24 heavy (non-hydrogen) atoms. The fourth-order valence-electron chi connectivity index (χ4n) is 2.75. The molecule has 3 rings (SSSR count). The highest BCUT2D eigenvalue weighted by Gasteiger charge is 2.24. The van der Waals surface area contributed by atoms with Gasteiger partial charge in [-0.05, 0) is 43.9 Å². The molecular formula is C17H25ClN4O2. The standard InChI is InChI=1S/C17H24N4O2.ClH/c18-13-6-8-21(9-7-13)11-16(22)19-15-3-1-2-12(10-15)17(23)20-14-4-5-14;/h1-3,10,13-14H,4-9,11,18H2,(H,19,22)(H,20,23);1H. The summed E-state index contributed by atoms with van der Waals surface area (Å²) >= 11 is 0. The molecule has 1 aliphatic heterocycles. The van der Waals surface area contributed by atoms with E-state index in [1.54, 1.807) is 24.3 Å². The average molecular weight is 353 g/mol. The number of amides is 2. The lowest BCUT2D eigenvalue weighted by Crippen LogP contribution is -2.43. The SMILES string of the molecule is Cl.NC1CCN(CC(=O)Nc2cccc(C(=O)NC3CC3)c2)CC1. The van der Waals surface area contributed by atoms with Gasteiger partial charge in [0, 0.05) is 36.4 Å². The van der Waals surface area contributed by atoms with E-state index < -0.39 is 0 Å². The molecule has 1 heterocycles. The minimum atomic E-state index is -0.0754. The van der Waals surface area contributed by atoms with Crippen LogP contribution in [0.25, 0.3) is 0 Å². The Bertz CT molecular complexity index is 584. The normalized spacial score (nSPS) is 18.5. The molecule has 0 unspecified atom stereocenters. The van der Waals surface area contributed by atoms with Gasteiger partial charge >= 0.3 is 0 Å². The maximum Gasteiger partial charge on any atom is 0.251 e. The minimum absolute atomic E-state index is 0. The second kappa shape index (κ2) is 8.46. The highest BCUT2D eigenvalue weighted by molar-refractivity contribution is 5.97. The van der Waals surface area contributed by atoms with Gasteiger partial charge in [-0.1, -0.05) is 6.07 Å². The van der Waals surface area contributed by atoms with Crippen molar-refractivity contribution in [2.45, 2.75) is 37.8 Å². The molecule has 2 fully saturated rings. The molecule has 132 valence electrons. The van der Waals surface area contributed by atoms with Crippen molar-refractivity contribution >= 4 is 29.9 Å². The highest BCUT2D eigenvalue weighted by atomic mass is 35.5. The van der Waals surface area contributed by atoms with Crippen molar-refractivity contribution in [3.05, 3.63) is 29.8 Å². The zero-order valence-electron chi connectivity index (χ0n) is 13.7. The van der Waals surface area contributed by atoms with Crippen molar-refractivity contribution in [2.75, 3.05) is 25.0 Å². The fourth-order valence-corrected chi connectivity index (χ4v) is 2.75. The van der Waals surface area contributed by atoms with E-state index in [0.717, 1.165) is 38.8 Å². The Morgan fingerprint density at radius 3 is 2.54 bits per heavy atom. The van der Waals surface area contributed by atoms with E-state index in [1.165, 1.54) is 0 Å². The first kappa shape index (κ1) is 18.7. The van der Waals surface area contributed by atoms with Crippen LogP contribution in [0.4, 0.5) is 5.69 Å². The number of hydrogen-bond donors (Lipinski definition) is 3. The Morgan fingerprint density at radius 2 is 1.88 bits per heavy atom. The van der Waals surface area contributed by atoms with Gasteiger partial charge in [0.15, 0.2) is 0 Å². The monoisotopic (exact) mass is 352 g/mol. The summed E-state index contributed by atoms with van der Waals surface area (Å²) in [5.74, 6) is -0.131. The first-order chi connectivity index (χ1) is 11.1. The van der Waals surface area contributed by atoms with Gasteiger partial charge in [-0.25, -0.2) is 0 Å². The molecule has 2 amide bonds. The summed E-state index contributed by atoms with van der Waals surface area (Å²) in [4.78, 5) is 26.3. The number of piperidine rings is 1. The van der Waals surface area contributed by atoms with Gasteiger partial charge in [0.2, 0.25) is 5.91 Å². The van der Waals surface area contributed by atoms with Gasteiger partial charge in [-0.2, -0.15) is 0 Å². The van der Waals surface area contributed by atoms with E-state index >= 15 is 0 Å². The van der Waals surface area contributed by atoms with Crippen LogP contribution in [-0.2, 0) is 4.79 Å². The lowest BCUT2D eigenvalue weighted by molar-refractivity contribution is -0.117. The van der Waals surface area contributed by atoms with Crippen molar-refractivity contribution in [3.8, 4) is 0 Å². The molecule has 1 saturated heterocycles. The number of likely N-dealkylation sites (tertiary alicyclic amines) is 1. The number of carbonyl (C=O) groups is 2. The van der Waals surface area contributed by atoms with Gasteiger partial charge in [0.25, 0.3) is 5.91 Å². The number of anilines is 1. The Balaban J connectivity index is 0.00000208. The third kappa shape index (κ3) is 5.47. The maximum atomic E-state index is 12.1. The molecule has 0 spiro atoms. The lowest BCUT2D eigenvalue weighted by Gasteiger charge is -2.29. The van der Waals surface area contributed by atoms with Gasteiger partial charge in [0.05, 0.1) is 6.54 Å². The highest BCUT2D eigenvalue weighted by Crippen LogP contribution is 2.20. The van der Waals surface area contributed by atoms with Gasteiger partial charge in [-0.15, -0.1) is 12.4 Å². The smallest absolute Gasteiger partial charge is 0.251 e. The molecule has 0 atom stereocenters. The third-order valence-corrected chi connectivity index (χ3v) is 4.32. The Morgan fingerprint density at radius 1 is 1.17 bits per heavy atom. The second-order valence-corrected chi connectivity index (χ2v) is 6.49. The van der Waals surface area contributed by atoms with E-state index in [1.807, 2.05) is 0 Å². The number of benzene rings is 1. The minimum Gasteiger partial charge on any atom is -0.349 e. The Hall–Kier alpha value is -1.63. The van der Waals surface area contributed by atoms with Gasteiger partial charge in [-0.3, -0.25) is 14.5 Å². The summed E-state index contributed by atoms with van der Waals surface area (Å²) in [6.07, 6.45) is 3.98. The predicted molar refractivity (Wildman–Crippen MR) is 96.5 cm³/mol. The van der Waals surface area contributed by atoms with Crippen molar-refractivity contribution in [1.82, 2.24) is 10.2 Å². The van der Waals surface area contributed by atoms with E-state index in [9.17, 15) is 9.59 Å². The van der Waals surface area contributed by atoms with Crippen molar-refractivity contribution in [1.29, 1.82) is 0 Å². The average Bonchev–Trinajstić information content (AvgIpc) is 3.34. The lowest BCUT2D eigenvalue weighted by atomic mass is 10.1. The van der Waals surface area contributed by atoms with Crippen LogP contribution in [0.1, 0.15) is 36.0 Å². The first-order valence-corrected chi connectivity index (χ1v) is 8.29. The molecule has 1 aliphatic carbocycles. The van der Waals surface area contributed by atoms with Crippen LogP contribution in [-0.4, -0.2) is 48.4 Å². The van der Waals surface area contributed by atoms with Crippen molar-refractivity contribution < 1.29 is 9.59 Å². The Labute approximate surface area is 148 Å². The number of nitrogens with two attached hydrogens (primary N) is 1. The van der Waals surface area contributed by atoms with Gasteiger partial charge < -0.3 is 16.4 Å². The third-order valence-electron chi connectivity index (χ3n) is 4.32. The molecule has 0 radical (unpaired) electrons. The summed E-state index contributed by atoms with van der Waals surface area (Å²) in [6, 6.07) is 7.67. The summed E-state index contributed by atoms with van der Waals surface area (Å²) in [7, 11) is 0. The zero-order valence-corrected chi connectivity index (χ0v) is 14.5. The van der Waals surface area contributed by atoms with Crippen LogP contribution in [0.15, 0.2) is 24.3 Å². The molecule has 2 aliphatic rings. The van der Waals surface area contributed by atoms with Crippen molar-refractivity contribution in [3.63, 3.8) is 0 Å². The molecule has 0 bridgehead atoms. The summed E-state index contributed by atoms with van der Waals surface area (Å²) in [6.45, 7) is 2.09. The molecule has 1 aromatic rings. The van der Waals surface area contributed by atoms with Crippen LogP contribution < -0.4 is 16.4 Å². The van der Waals surface area contributed by atoms with Crippen LogP contribution in [0, 0.1) is 0 Å². The van der Waals surface area contributed by atoms with E-state index in [2.05, 4.69) is 15.5 Å². The summed E-state index contributed by atoms with van der Waals surface area (Å²) < 4.78 is 0. The van der Waals surface area contributed by atoms with E-state index in [4.69, 9.17) is 5.73 Å². The second-order valence-electron chi connectivity index (χ2n) is 6.49. The predicted octanol–water partition coefficient (Wildman–Crippen LogP) is 1.36. The summed E-state index contributed by atoms with van der Waals surface area (Å²) in [5.41, 5.74) is 7.11. The fraction of sp³-hybridized carbons (Fsp3) is 0.529. The molecular weight excluding hydrogens is 328 g/mol. The van der Waals surface area contributed by atoms with Crippen LogP contribution in [0.3, 0.4) is 0 Å². The number of nitrogens with one attached hydrogen (secondary N) is 2. The maximum absolute atomic E-state index is 12.1.